The van der Waals surface area contributed by atoms with Crippen molar-refractivity contribution >= 4 is 16.7 Å². The number of aliphatic hydroxyl groups is 1. The number of piperidine rings is 1. The zero-order chi connectivity index (χ0) is 20.8. The third-order valence-electron chi connectivity index (χ3n) is 7.68. The highest BCUT2D eigenvalue weighted by atomic mass is 16.3. The molecule has 31 heavy (non-hydrogen) atoms. The summed E-state index contributed by atoms with van der Waals surface area (Å²) in [6, 6.07) is 6.34. The van der Waals surface area contributed by atoms with Crippen LogP contribution in [0.2, 0.25) is 0 Å². The number of likely N-dealkylation sites (tertiary alicyclic amines) is 1. The van der Waals surface area contributed by atoms with E-state index in [2.05, 4.69) is 19.8 Å². The molecule has 2 saturated heterocycles. The fourth-order valence-electron chi connectivity index (χ4n) is 5.58. The van der Waals surface area contributed by atoms with Crippen LogP contribution in [-0.2, 0) is 0 Å². The summed E-state index contributed by atoms with van der Waals surface area (Å²) in [5.74, 6) is 1.74. The Balaban J connectivity index is 1.26. The average Bonchev–Trinajstić information content (AvgIpc) is 3.21. The molecule has 2 atom stereocenters. The highest BCUT2D eigenvalue weighted by Crippen LogP contribution is 2.44. The topological polar surface area (TPSA) is 78.3 Å². The summed E-state index contributed by atoms with van der Waals surface area (Å²) in [4.78, 5) is 23.2. The number of hydrogen-bond donors (Lipinski definition) is 1. The predicted molar refractivity (Wildman–Crippen MR) is 120 cm³/mol. The molecular formula is C24H28N6O. The Morgan fingerprint density at radius 3 is 2.42 bits per heavy atom. The first-order valence-corrected chi connectivity index (χ1v) is 11.4. The lowest BCUT2D eigenvalue weighted by molar-refractivity contribution is -0.0164. The van der Waals surface area contributed by atoms with Crippen LogP contribution >= 0.6 is 0 Å². The molecular weight excluding hydrogens is 388 g/mol. The maximum atomic E-state index is 10.1. The van der Waals surface area contributed by atoms with Crippen LogP contribution in [0, 0.1) is 5.41 Å². The molecule has 7 nitrogen and oxygen atoms in total. The van der Waals surface area contributed by atoms with Gasteiger partial charge in [0.1, 0.15) is 5.82 Å². The lowest BCUT2D eigenvalue weighted by atomic mass is 9.77. The molecule has 2 aliphatic heterocycles. The molecule has 6 rings (SSSR count). The zero-order valence-corrected chi connectivity index (χ0v) is 17.7. The molecule has 1 saturated carbocycles. The van der Waals surface area contributed by atoms with E-state index in [4.69, 9.17) is 9.97 Å². The smallest absolute Gasteiger partial charge is 0.162 e. The van der Waals surface area contributed by atoms with Gasteiger partial charge in [-0.1, -0.05) is 0 Å². The third kappa shape index (κ3) is 3.36. The van der Waals surface area contributed by atoms with Gasteiger partial charge in [0.2, 0.25) is 0 Å². The van der Waals surface area contributed by atoms with Crippen molar-refractivity contribution in [3.05, 3.63) is 43.0 Å². The number of rotatable bonds is 3. The summed E-state index contributed by atoms with van der Waals surface area (Å²) in [7, 11) is 0. The number of fused-ring (bicyclic) bond motifs is 1. The second-order valence-electron chi connectivity index (χ2n) is 9.42. The van der Waals surface area contributed by atoms with Gasteiger partial charge in [-0.05, 0) is 62.3 Å². The maximum Gasteiger partial charge on any atom is 0.162 e. The number of pyridine rings is 2. The molecule has 0 amide bonds. The fraction of sp³-hybridized carbons (Fsp3) is 0.500. The SMILES string of the molecule is O[C@@H]1CC[C@@H]1N1CCC2(CCN(c3nc(-c4ccncc4)nc4cnccc34)CC2)C1. The Labute approximate surface area is 182 Å². The minimum atomic E-state index is -0.108. The molecule has 3 aromatic rings. The molecule has 0 unspecified atom stereocenters. The van der Waals surface area contributed by atoms with Gasteiger partial charge in [-0.25, -0.2) is 9.97 Å². The third-order valence-corrected chi connectivity index (χ3v) is 7.68. The van der Waals surface area contributed by atoms with E-state index in [1.807, 2.05) is 30.6 Å². The van der Waals surface area contributed by atoms with E-state index in [0.29, 0.717) is 11.5 Å². The predicted octanol–water partition coefficient (Wildman–Crippen LogP) is 2.90. The summed E-state index contributed by atoms with van der Waals surface area (Å²) < 4.78 is 0. The monoisotopic (exact) mass is 416 g/mol. The van der Waals surface area contributed by atoms with Gasteiger partial charge < -0.3 is 10.0 Å². The van der Waals surface area contributed by atoms with E-state index in [0.717, 1.165) is 67.1 Å². The standard InChI is InChI=1S/C24H28N6O/c31-21-2-1-20(21)30-14-8-24(16-30)6-12-29(13-7-24)23-18-5-11-26-15-19(18)27-22(28-23)17-3-9-25-10-4-17/h3-5,9-11,15,20-21,31H,1-2,6-8,12-14,16H2/t20-,21+/m0/s1. The molecule has 0 aromatic carbocycles. The van der Waals surface area contributed by atoms with Gasteiger partial charge in [0.05, 0.1) is 17.8 Å². The average molecular weight is 417 g/mol. The van der Waals surface area contributed by atoms with Gasteiger partial charge in [-0.15, -0.1) is 0 Å². The van der Waals surface area contributed by atoms with Crippen LogP contribution in [0.5, 0.6) is 0 Å². The molecule has 3 fully saturated rings. The molecule has 7 heteroatoms. The van der Waals surface area contributed by atoms with Gasteiger partial charge in [0.25, 0.3) is 0 Å². The molecule has 1 aliphatic carbocycles. The van der Waals surface area contributed by atoms with Gasteiger partial charge >= 0.3 is 0 Å². The summed E-state index contributed by atoms with van der Waals surface area (Å²) in [6.07, 6.45) is 12.8. The number of aliphatic hydroxyl groups excluding tert-OH is 1. The van der Waals surface area contributed by atoms with Crippen LogP contribution in [0.4, 0.5) is 5.82 Å². The Morgan fingerprint density at radius 1 is 0.903 bits per heavy atom. The van der Waals surface area contributed by atoms with Crippen molar-refractivity contribution in [2.24, 2.45) is 5.41 Å². The summed E-state index contributed by atoms with van der Waals surface area (Å²) >= 11 is 0. The highest BCUT2D eigenvalue weighted by Gasteiger charge is 2.45. The molecule has 3 aliphatic rings. The second-order valence-corrected chi connectivity index (χ2v) is 9.42. The Kier molecular flexibility index (Phi) is 4.61. The van der Waals surface area contributed by atoms with E-state index in [9.17, 15) is 5.11 Å². The van der Waals surface area contributed by atoms with Crippen molar-refractivity contribution in [2.75, 3.05) is 31.1 Å². The normalized spacial score (nSPS) is 25.8. The van der Waals surface area contributed by atoms with Crippen molar-refractivity contribution in [3.8, 4) is 11.4 Å². The van der Waals surface area contributed by atoms with E-state index < -0.39 is 0 Å². The first-order chi connectivity index (χ1) is 15.2. The number of aromatic nitrogens is 4. The zero-order valence-electron chi connectivity index (χ0n) is 17.7. The van der Waals surface area contributed by atoms with Gasteiger partial charge in [0, 0.05) is 55.2 Å². The van der Waals surface area contributed by atoms with Crippen molar-refractivity contribution in [1.29, 1.82) is 0 Å². The van der Waals surface area contributed by atoms with Crippen molar-refractivity contribution in [1.82, 2.24) is 24.8 Å². The Hall–Kier alpha value is -2.64. The van der Waals surface area contributed by atoms with Gasteiger partial charge in [0.15, 0.2) is 5.82 Å². The fourth-order valence-corrected chi connectivity index (χ4v) is 5.58. The first kappa shape index (κ1) is 19.1. The van der Waals surface area contributed by atoms with E-state index in [1.54, 1.807) is 12.4 Å². The molecule has 160 valence electrons. The first-order valence-electron chi connectivity index (χ1n) is 11.4. The van der Waals surface area contributed by atoms with Gasteiger partial charge in [-0.2, -0.15) is 0 Å². The van der Waals surface area contributed by atoms with Crippen LogP contribution in [0.1, 0.15) is 32.1 Å². The van der Waals surface area contributed by atoms with E-state index in [1.165, 1.54) is 19.3 Å². The number of nitrogens with zero attached hydrogens (tertiary/aromatic N) is 6. The van der Waals surface area contributed by atoms with Crippen LogP contribution in [0.25, 0.3) is 22.3 Å². The summed E-state index contributed by atoms with van der Waals surface area (Å²) in [6.45, 7) is 4.28. The van der Waals surface area contributed by atoms with E-state index >= 15 is 0 Å². The highest BCUT2D eigenvalue weighted by molar-refractivity contribution is 5.90. The quantitative estimate of drug-likeness (QED) is 0.703. The van der Waals surface area contributed by atoms with Crippen molar-refractivity contribution in [3.63, 3.8) is 0 Å². The minimum absolute atomic E-state index is 0.108. The lowest BCUT2D eigenvalue weighted by Crippen LogP contribution is -2.51. The molecule has 0 radical (unpaired) electrons. The molecule has 1 spiro atoms. The summed E-state index contributed by atoms with van der Waals surface area (Å²) in [5.41, 5.74) is 2.25. The van der Waals surface area contributed by atoms with Gasteiger partial charge in [-0.3, -0.25) is 14.9 Å². The Morgan fingerprint density at radius 2 is 1.68 bits per heavy atom. The van der Waals surface area contributed by atoms with Crippen molar-refractivity contribution in [2.45, 2.75) is 44.2 Å². The molecule has 1 N–H and O–H groups in total. The van der Waals surface area contributed by atoms with E-state index in [-0.39, 0.29) is 6.10 Å². The summed E-state index contributed by atoms with van der Waals surface area (Å²) in [5, 5.41) is 11.2. The van der Waals surface area contributed by atoms with Crippen molar-refractivity contribution < 1.29 is 5.11 Å². The number of anilines is 1. The maximum absolute atomic E-state index is 10.1. The second kappa shape index (κ2) is 7.50. The molecule has 3 aromatic heterocycles. The molecule has 5 heterocycles. The molecule has 0 bridgehead atoms. The van der Waals surface area contributed by atoms with Crippen LogP contribution in [0.3, 0.4) is 0 Å². The van der Waals surface area contributed by atoms with Crippen LogP contribution in [0.15, 0.2) is 43.0 Å². The lowest BCUT2D eigenvalue weighted by Gasteiger charge is -2.43. The number of hydrogen-bond acceptors (Lipinski definition) is 7. The Bertz CT molecular complexity index is 1080. The largest absolute Gasteiger partial charge is 0.391 e. The van der Waals surface area contributed by atoms with Crippen LogP contribution < -0.4 is 4.90 Å². The van der Waals surface area contributed by atoms with Crippen LogP contribution in [-0.4, -0.2) is 68.3 Å². The minimum Gasteiger partial charge on any atom is -0.391 e.